The second-order valence-corrected chi connectivity index (χ2v) is 9.06. The first kappa shape index (κ1) is 18.3. The number of aryl methyl sites for hydroxylation is 1. The van der Waals surface area contributed by atoms with Crippen molar-refractivity contribution in [3.05, 3.63) is 23.8 Å². The van der Waals surface area contributed by atoms with Crippen LogP contribution in [0.1, 0.15) is 25.8 Å². The number of benzene rings is 1. The second-order valence-electron chi connectivity index (χ2n) is 7.29. The van der Waals surface area contributed by atoms with Crippen molar-refractivity contribution < 1.29 is 22.8 Å². The van der Waals surface area contributed by atoms with Gasteiger partial charge in [0.05, 0.1) is 24.7 Å². The Labute approximate surface area is 148 Å². The molecule has 0 bridgehead atoms. The Hall–Kier alpha value is -1.48. The summed E-state index contributed by atoms with van der Waals surface area (Å²) in [7, 11) is -3.59. The summed E-state index contributed by atoms with van der Waals surface area (Å²) in [6.07, 6.45) is 0.950. The van der Waals surface area contributed by atoms with Gasteiger partial charge in [0, 0.05) is 12.1 Å². The number of quaternary nitrogens is 1. The Balaban J connectivity index is 1.70. The standard InChI is InChI=1S/C17H25N3O4S/c1-17(2,20-7-9-24-10-8-20)12-18-25(22,23)14-4-5-15-13(11-14)3-6-16(21)19-15/h4-5,11,18H,3,6-10,12H2,1-2H3,(H,19,21)/p+1. The predicted octanol–water partition coefficient (Wildman–Crippen LogP) is -0.457. The van der Waals surface area contributed by atoms with Gasteiger partial charge in [0.1, 0.15) is 18.6 Å². The zero-order valence-electron chi connectivity index (χ0n) is 14.7. The van der Waals surface area contributed by atoms with Crippen molar-refractivity contribution in [2.24, 2.45) is 0 Å². The van der Waals surface area contributed by atoms with E-state index in [4.69, 9.17) is 4.74 Å². The van der Waals surface area contributed by atoms with Crippen LogP contribution in [0.15, 0.2) is 23.1 Å². The van der Waals surface area contributed by atoms with Crippen LogP contribution in [0.5, 0.6) is 0 Å². The van der Waals surface area contributed by atoms with Gasteiger partial charge in [-0.05, 0) is 44.0 Å². The number of carbonyl (C=O) groups is 1. The molecule has 0 unspecified atom stereocenters. The maximum atomic E-state index is 12.7. The molecule has 1 aromatic carbocycles. The van der Waals surface area contributed by atoms with Crippen molar-refractivity contribution in [2.45, 2.75) is 37.1 Å². The van der Waals surface area contributed by atoms with Crippen molar-refractivity contribution in [2.75, 3.05) is 38.2 Å². The Morgan fingerprint density at radius 1 is 1.24 bits per heavy atom. The van der Waals surface area contributed by atoms with E-state index in [9.17, 15) is 13.2 Å². The minimum atomic E-state index is -3.59. The summed E-state index contributed by atoms with van der Waals surface area (Å²) in [5.41, 5.74) is 1.35. The van der Waals surface area contributed by atoms with Gasteiger partial charge in [-0.25, -0.2) is 13.1 Å². The minimum Gasteiger partial charge on any atom is -0.370 e. The number of hydrogen-bond donors (Lipinski definition) is 3. The van der Waals surface area contributed by atoms with Crippen molar-refractivity contribution in [3.63, 3.8) is 0 Å². The maximum Gasteiger partial charge on any atom is 0.240 e. The van der Waals surface area contributed by atoms with Crippen LogP contribution in [-0.2, 0) is 26.0 Å². The first-order valence-corrected chi connectivity index (χ1v) is 10.1. The third kappa shape index (κ3) is 4.20. The average molecular weight is 368 g/mol. The first-order valence-electron chi connectivity index (χ1n) is 8.63. The molecule has 0 aliphatic carbocycles. The van der Waals surface area contributed by atoms with Crippen LogP contribution in [0.4, 0.5) is 5.69 Å². The molecule has 0 spiro atoms. The van der Waals surface area contributed by atoms with Gasteiger partial charge in [0.25, 0.3) is 0 Å². The van der Waals surface area contributed by atoms with E-state index in [2.05, 4.69) is 23.9 Å². The number of amides is 1. The lowest BCUT2D eigenvalue weighted by Crippen LogP contribution is -3.22. The van der Waals surface area contributed by atoms with E-state index in [1.165, 1.54) is 4.90 Å². The van der Waals surface area contributed by atoms with Crippen LogP contribution in [-0.4, -0.2) is 52.7 Å². The van der Waals surface area contributed by atoms with Crippen LogP contribution >= 0.6 is 0 Å². The minimum absolute atomic E-state index is 0.0310. The Morgan fingerprint density at radius 3 is 2.68 bits per heavy atom. The summed E-state index contributed by atoms with van der Waals surface area (Å²) >= 11 is 0. The van der Waals surface area contributed by atoms with E-state index in [1.54, 1.807) is 18.2 Å². The lowest BCUT2D eigenvalue weighted by atomic mass is 10.0. The fraction of sp³-hybridized carbons (Fsp3) is 0.588. The number of rotatable bonds is 5. The predicted molar refractivity (Wildman–Crippen MR) is 94.2 cm³/mol. The van der Waals surface area contributed by atoms with Gasteiger partial charge >= 0.3 is 0 Å². The molecule has 0 atom stereocenters. The van der Waals surface area contributed by atoms with Crippen LogP contribution in [0, 0.1) is 0 Å². The molecule has 1 saturated heterocycles. The summed E-state index contributed by atoms with van der Waals surface area (Å²) < 4.78 is 33.5. The van der Waals surface area contributed by atoms with Gasteiger partial charge in [0.2, 0.25) is 15.9 Å². The van der Waals surface area contributed by atoms with Crippen LogP contribution < -0.4 is 14.9 Å². The number of ether oxygens (including phenoxy) is 1. The Morgan fingerprint density at radius 2 is 1.96 bits per heavy atom. The largest absolute Gasteiger partial charge is 0.370 e. The number of nitrogens with one attached hydrogen (secondary N) is 3. The highest BCUT2D eigenvalue weighted by Gasteiger charge is 2.33. The third-order valence-corrected chi connectivity index (χ3v) is 6.44. The van der Waals surface area contributed by atoms with Gasteiger partial charge < -0.3 is 15.0 Å². The summed E-state index contributed by atoms with van der Waals surface area (Å²) in [6.45, 7) is 7.68. The van der Waals surface area contributed by atoms with Crippen LogP contribution in [0.25, 0.3) is 0 Å². The van der Waals surface area contributed by atoms with Crippen molar-refractivity contribution in [1.82, 2.24) is 4.72 Å². The molecule has 1 aromatic rings. The molecule has 0 radical (unpaired) electrons. The van der Waals surface area contributed by atoms with Crippen molar-refractivity contribution in [3.8, 4) is 0 Å². The highest BCUT2D eigenvalue weighted by atomic mass is 32.2. The SMILES string of the molecule is CC(C)(CNS(=O)(=O)c1ccc2c(c1)CCC(=O)N2)[NH+]1CCOCC1. The summed E-state index contributed by atoms with van der Waals surface area (Å²) in [5, 5.41) is 2.77. The molecule has 0 saturated carbocycles. The maximum absolute atomic E-state index is 12.7. The zero-order chi connectivity index (χ0) is 18.1. The van der Waals surface area contributed by atoms with Gasteiger partial charge in [-0.1, -0.05) is 0 Å². The number of carbonyl (C=O) groups excluding carboxylic acids is 1. The first-order chi connectivity index (χ1) is 11.8. The molecule has 7 nitrogen and oxygen atoms in total. The van der Waals surface area contributed by atoms with E-state index >= 15 is 0 Å². The molecule has 8 heteroatoms. The molecule has 0 aromatic heterocycles. The molecule has 2 aliphatic rings. The Bertz CT molecular complexity index is 755. The number of anilines is 1. The van der Waals surface area contributed by atoms with Crippen LogP contribution in [0.2, 0.25) is 0 Å². The monoisotopic (exact) mass is 368 g/mol. The molecule has 25 heavy (non-hydrogen) atoms. The van der Waals surface area contributed by atoms with E-state index in [0.29, 0.717) is 38.3 Å². The molecule has 1 fully saturated rings. The molecule has 2 heterocycles. The quantitative estimate of drug-likeness (QED) is 0.656. The van der Waals surface area contributed by atoms with Gasteiger partial charge in [-0.15, -0.1) is 0 Å². The van der Waals surface area contributed by atoms with E-state index in [0.717, 1.165) is 18.7 Å². The Kier molecular flexibility index (Phi) is 5.15. The highest BCUT2D eigenvalue weighted by molar-refractivity contribution is 7.89. The molecule has 3 N–H and O–H groups in total. The summed E-state index contributed by atoms with van der Waals surface area (Å²) in [5.74, 6) is -0.0310. The zero-order valence-corrected chi connectivity index (χ0v) is 15.5. The van der Waals surface area contributed by atoms with Crippen LogP contribution in [0.3, 0.4) is 0 Å². The average Bonchev–Trinajstić information content (AvgIpc) is 2.60. The second kappa shape index (κ2) is 7.03. The molecular formula is C17H26N3O4S+. The molecule has 2 aliphatic heterocycles. The van der Waals surface area contributed by atoms with Crippen molar-refractivity contribution >= 4 is 21.6 Å². The lowest BCUT2D eigenvalue weighted by Gasteiger charge is -2.37. The fourth-order valence-electron chi connectivity index (χ4n) is 3.31. The van der Waals surface area contributed by atoms with Gasteiger partial charge in [0.15, 0.2) is 0 Å². The topological polar surface area (TPSA) is 88.9 Å². The highest BCUT2D eigenvalue weighted by Crippen LogP contribution is 2.25. The fourth-order valence-corrected chi connectivity index (χ4v) is 4.57. The number of morpholine rings is 1. The number of sulfonamides is 1. The number of hydrogen-bond acceptors (Lipinski definition) is 4. The lowest BCUT2D eigenvalue weighted by molar-refractivity contribution is -0.954. The van der Waals surface area contributed by atoms with Crippen molar-refractivity contribution in [1.29, 1.82) is 0 Å². The molecule has 1 amide bonds. The molecular weight excluding hydrogens is 342 g/mol. The van der Waals surface area contributed by atoms with E-state index in [1.807, 2.05) is 0 Å². The van der Waals surface area contributed by atoms with Gasteiger partial charge in [-0.3, -0.25) is 4.79 Å². The normalized spacial score (nSPS) is 19.4. The number of fused-ring (bicyclic) bond motifs is 1. The third-order valence-electron chi connectivity index (χ3n) is 5.04. The summed E-state index contributed by atoms with van der Waals surface area (Å²) in [6, 6.07) is 4.87. The summed E-state index contributed by atoms with van der Waals surface area (Å²) in [4.78, 5) is 13.0. The molecule has 3 rings (SSSR count). The smallest absolute Gasteiger partial charge is 0.240 e. The van der Waals surface area contributed by atoms with E-state index < -0.39 is 10.0 Å². The van der Waals surface area contributed by atoms with E-state index in [-0.39, 0.29) is 16.3 Å². The van der Waals surface area contributed by atoms with Gasteiger partial charge in [-0.2, -0.15) is 0 Å². The molecule has 138 valence electrons.